The van der Waals surface area contributed by atoms with Crippen LogP contribution in [-0.4, -0.2) is 11.7 Å². The minimum atomic E-state index is 0.165. The number of phenolic OH excluding ortho intramolecular Hbond substituents is 1. The van der Waals surface area contributed by atoms with Crippen molar-refractivity contribution >= 4 is 15.9 Å². The van der Waals surface area contributed by atoms with Gasteiger partial charge in [-0.15, -0.1) is 0 Å². The van der Waals surface area contributed by atoms with E-state index in [9.17, 15) is 5.11 Å². The molecule has 1 aromatic carbocycles. The second-order valence-electron chi connectivity index (χ2n) is 4.01. The zero-order chi connectivity index (χ0) is 11.5. The number of benzene rings is 1. The molecule has 4 heteroatoms. The summed E-state index contributed by atoms with van der Waals surface area (Å²) in [5, 5.41) is 22.2. The third-order valence-corrected chi connectivity index (χ3v) is 3.51. The van der Waals surface area contributed by atoms with E-state index in [1.165, 1.54) is 6.42 Å². The molecule has 1 aliphatic rings. The number of nitrogens with zero attached hydrogens (tertiary/aromatic N) is 1. The third-order valence-electron chi connectivity index (χ3n) is 2.91. The monoisotopic (exact) mass is 280 g/mol. The van der Waals surface area contributed by atoms with Gasteiger partial charge in [0.15, 0.2) is 0 Å². The highest BCUT2D eigenvalue weighted by Gasteiger charge is 2.20. The number of piperidine rings is 1. The van der Waals surface area contributed by atoms with E-state index in [-0.39, 0.29) is 11.8 Å². The first-order valence-corrected chi connectivity index (χ1v) is 6.17. The molecule has 3 nitrogen and oxygen atoms in total. The second-order valence-corrected chi connectivity index (χ2v) is 4.86. The van der Waals surface area contributed by atoms with Gasteiger partial charge in [-0.05, 0) is 47.4 Å². The molecule has 0 spiro atoms. The van der Waals surface area contributed by atoms with Crippen molar-refractivity contribution in [2.75, 3.05) is 6.54 Å². The zero-order valence-corrected chi connectivity index (χ0v) is 10.4. The number of halogens is 1. The number of hydrogen-bond donors (Lipinski definition) is 2. The Balaban J connectivity index is 2.38. The molecule has 0 aliphatic carbocycles. The summed E-state index contributed by atoms with van der Waals surface area (Å²) in [5.74, 6) is 0.249. The van der Waals surface area contributed by atoms with Gasteiger partial charge in [-0.2, -0.15) is 5.26 Å². The maximum atomic E-state index is 9.97. The first kappa shape index (κ1) is 11.4. The summed E-state index contributed by atoms with van der Waals surface area (Å²) >= 11 is 3.28. The lowest BCUT2D eigenvalue weighted by atomic mass is 9.95. The molecule has 2 N–H and O–H groups in total. The van der Waals surface area contributed by atoms with Crippen molar-refractivity contribution in [2.24, 2.45) is 0 Å². The normalized spacial score (nSPS) is 20.4. The van der Waals surface area contributed by atoms with E-state index in [0.29, 0.717) is 10.0 Å². The number of hydrogen-bond acceptors (Lipinski definition) is 3. The molecule has 84 valence electrons. The van der Waals surface area contributed by atoms with Gasteiger partial charge in [-0.25, -0.2) is 0 Å². The maximum absolute atomic E-state index is 9.97. The van der Waals surface area contributed by atoms with Crippen molar-refractivity contribution in [3.8, 4) is 11.8 Å². The van der Waals surface area contributed by atoms with Crippen LogP contribution >= 0.6 is 15.9 Å². The molecule has 0 amide bonds. The highest BCUT2D eigenvalue weighted by atomic mass is 79.9. The molecule has 16 heavy (non-hydrogen) atoms. The van der Waals surface area contributed by atoms with Crippen LogP contribution < -0.4 is 5.32 Å². The Morgan fingerprint density at radius 2 is 2.25 bits per heavy atom. The standard InChI is InChI=1S/C12H13BrN2O/c13-10-6-8(7-14)5-9(12(10)16)11-3-1-2-4-15-11/h5-6,11,15-16H,1-4H2/t11-/m1/s1. The minimum Gasteiger partial charge on any atom is -0.506 e. The molecule has 0 unspecified atom stereocenters. The van der Waals surface area contributed by atoms with Crippen molar-refractivity contribution in [3.63, 3.8) is 0 Å². The molecular formula is C12H13BrN2O. The Morgan fingerprint density at radius 1 is 1.44 bits per heavy atom. The zero-order valence-electron chi connectivity index (χ0n) is 8.83. The first-order chi connectivity index (χ1) is 7.72. The van der Waals surface area contributed by atoms with Gasteiger partial charge in [0.2, 0.25) is 0 Å². The number of nitriles is 1. The molecular weight excluding hydrogens is 268 g/mol. The van der Waals surface area contributed by atoms with Crippen molar-refractivity contribution in [1.29, 1.82) is 5.26 Å². The van der Waals surface area contributed by atoms with Crippen LogP contribution in [0.5, 0.6) is 5.75 Å². The van der Waals surface area contributed by atoms with Crippen LogP contribution in [0.15, 0.2) is 16.6 Å². The maximum Gasteiger partial charge on any atom is 0.134 e. The van der Waals surface area contributed by atoms with Crippen LogP contribution in [0, 0.1) is 11.3 Å². The van der Waals surface area contributed by atoms with E-state index in [4.69, 9.17) is 5.26 Å². The molecule has 1 aromatic rings. The van der Waals surface area contributed by atoms with E-state index in [1.807, 2.05) is 0 Å². The van der Waals surface area contributed by atoms with Gasteiger partial charge in [0.05, 0.1) is 16.1 Å². The molecule has 2 rings (SSSR count). The molecule has 1 atom stereocenters. The lowest BCUT2D eigenvalue weighted by Crippen LogP contribution is -2.26. The fourth-order valence-corrected chi connectivity index (χ4v) is 2.54. The van der Waals surface area contributed by atoms with Gasteiger partial charge in [0.25, 0.3) is 0 Å². The van der Waals surface area contributed by atoms with Crippen molar-refractivity contribution < 1.29 is 5.11 Å². The molecule has 0 bridgehead atoms. The highest BCUT2D eigenvalue weighted by Crippen LogP contribution is 2.36. The van der Waals surface area contributed by atoms with E-state index < -0.39 is 0 Å². The molecule has 1 saturated heterocycles. The van der Waals surface area contributed by atoms with Crippen molar-refractivity contribution in [3.05, 3.63) is 27.7 Å². The van der Waals surface area contributed by atoms with E-state index >= 15 is 0 Å². The van der Waals surface area contributed by atoms with Gasteiger partial charge in [-0.1, -0.05) is 6.42 Å². The van der Waals surface area contributed by atoms with Gasteiger partial charge in [0.1, 0.15) is 5.75 Å². The van der Waals surface area contributed by atoms with Crippen LogP contribution in [0.2, 0.25) is 0 Å². The average molecular weight is 281 g/mol. The van der Waals surface area contributed by atoms with Crippen LogP contribution in [0.4, 0.5) is 0 Å². The van der Waals surface area contributed by atoms with Crippen molar-refractivity contribution in [2.45, 2.75) is 25.3 Å². The highest BCUT2D eigenvalue weighted by molar-refractivity contribution is 9.10. The SMILES string of the molecule is N#Cc1cc(Br)c(O)c([C@H]2CCCCN2)c1. The smallest absolute Gasteiger partial charge is 0.134 e. The number of phenols is 1. The molecule has 1 fully saturated rings. The Hall–Kier alpha value is -1.05. The number of nitrogens with one attached hydrogen (secondary N) is 1. The lowest BCUT2D eigenvalue weighted by molar-refractivity contribution is 0.390. The summed E-state index contributed by atoms with van der Waals surface area (Å²) in [6, 6.07) is 5.68. The Bertz CT molecular complexity index is 433. The summed E-state index contributed by atoms with van der Waals surface area (Å²) in [6.07, 6.45) is 3.34. The van der Waals surface area contributed by atoms with E-state index in [0.717, 1.165) is 24.9 Å². The fourth-order valence-electron chi connectivity index (χ4n) is 2.07. The third kappa shape index (κ3) is 2.21. The summed E-state index contributed by atoms with van der Waals surface area (Å²) in [5.41, 5.74) is 1.40. The first-order valence-electron chi connectivity index (χ1n) is 5.38. The predicted molar refractivity (Wildman–Crippen MR) is 65.1 cm³/mol. The van der Waals surface area contributed by atoms with Crippen LogP contribution in [0.25, 0.3) is 0 Å². The molecule has 1 aliphatic heterocycles. The van der Waals surface area contributed by atoms with Crippen LogP contribution in [-0.2, 0) is 0 Å². The topological polar surface area (TPSA) is 56.0 Å². The van der Waals surface area contributed by atoms with Crippen LogP contribution in [0.3, 0.4) is 0 Å². The van der Waals surface area contributed by atoms with E-state index in [1.54, 1.807) is 12.1 Å². The summed E-state index contributed by atoms with van der Waals surface area (Å²) in [4.78, 5) is 0. The fraction of sp³-hybridized carbons (Fsp3) is 0.417. The molecule has 0 saturated carbocycles. The lowest BCUT2D eigenvalue weighted by Gasteiger charge is -2.25. The average Bonchev–Trinajstić information content (AvgIpc) is 2.33. The van der Waals surface area contributed by atoms with Crippen LogP contribution in [0.1, 0.15) is 36.4 Å². The van der Waals surface area contributed by atoms with Gasteiger partial charge >= 0.3 is 0 Å². The quantitative estimate of drug-likeness (QED) is 0.832. The molecule has 0 aromatic heterocycles. The number of rotatable bonds is 1. The Morgan fingerprint density at radius 3 is 2.88 bits per heavy atom. The van der Waals surface area contributed by atoms with Gasteiger partial charge in [-0.3, -0.25) is 0 Å². The summed E-state index contributed by atoms with van der Waals surface area (Å²) in [7, 11) is 0. The van der Waals surface area contributed by atoms with Gasteiger partial charge < -0.3 is 10.4 Å². The summed E-state index contributed by atoms with van der Waals surface area (Å²) in [6.45, 7) is 0.971. The number of aromatic hydroxyl groups is 1. The second kappa shape index (κ2) is 4.86. The van der Waals surface area contributed by atoms with Crippen molar-refractivity contribution in [1.82, 2.24) is 5.32 Å². The Kier molecular flexibility index (Phi) is 3.47. The largest absolute Gasteiger partial charge is 0.506 e. The van der Waals surface area contributed by atoms with E-state index in [2.05, 4.69) is 27.3 Å². The molecule has 0 radical (unpaired) electrons. The Labute approximate surface area is 103 Å². The van der Waals surface area contributed by atoms with Gasteiger partial charge in [0, 0.05) is 11.6 Å². The summed E-state index contributed by atoms with van der Waals surface area (Å²) < 4.78 is 0.592. The minimum absolute atomic E-state index is 0.165. The molecule has 1 heterocycles. The predicted octanol–water partition coefficient (Wildman–Crippen LogP) is 2.84.